The SMILES string of the molecule is COC(=O)c1c(O)ccc2c1[C@H]1c3ccccc3N(C(=O)OCc3ccccc3)[C@H]1O2. The minimum absolute atomic E-state index is 0.0433. The second kappa shape index (κ2) is 7.36. The van der Waals surface area contributed by atoms with E-state index in [9.17, 15) is 14.7 Å². The van der Waals surface area contributed by atoms with Gasteiger partial charge in [0.1, 0.15) is 23.7 Å². The first kappa shape index (κ1) is 19.0. The van der Waals surface area contributed by atoms with E-state index in [1.165, 1.54) is 18.1 Å². The predicted molar refractivity (Wildman–Crippen MR) is 111 cm³/mol. The first-order chi connectivity index (χ1) is 15.1. The van der Waals surface area contributed by atoms with E-state index < -0.39 is 24.2 Å². The number of carbonyl (C=O) groups is 2. The third kappa shape index (κ3) is 2.97. The van der Waals surface area contributed by atoms with Crippen molar-refractivity contribution >= 4 is 17.7 Å². The number of hydrogen-bond donors (Lipinski definition) is 1. The van der Waals surface area contributed by atoms with Gasteiger partial charge in [-0.25, -0.2) is 14.5 Å². The molecule has 0 radical (unpaired) electrons. The van der Waals surface area contributed by atoms with E-state index in [4.69, 9.17) is 14.2 Å². The van der Waals surface area contributed by atoms with E-state index in [-0.39, 0.29) is 17.9 Å². The normalized spacial score (nSPS) is 17.9. The zero-order valence-electron chi connectivity index (χ0n) is 16.6. The Bertz CT molecular complexity index is 1180. The highest BCUT2D eigenvalue weighted by molar-refractivity contribution is 5.98. The fraction of sp³-hybridized carbons (Fsp3) is 0.167. The quantitative estimate of drug-likeness (QED) is 0.644. The molecule has 2 heterocycles. The summed E-state index contributed by atoms with van der Waals surface area (Å²) in [4.78, 5) is 27.0. The van der Waals surface area contributed by atoms with E-state index in [1.54, 1.807) is 12.1 Å². The van der Waals surface area contributed by atoms with E-state index in [0.29, 0.717) is 17.0 Å². The fourth-order valence-electron chi connectivity index (χ4n) is 4.27. The molecule has 0 bridgehead atoms. The van der Waals surface area contributed by atoms with Crippen molar-refractivity contribution in [2.45, 2.75) is 18.8 Å². The highest BCUT2D eigenvalue weighted by Crippen LogP contribution is 2.54. The second-order valence-electron chi connectivity index (χ2n) is 7.32. The van der Waals surface area contributed by atoms with Gasteiger partial charge in [0.05, 0.1) is 18.7 Å². The van der Waals surface area contributed by atoms with Gasteiger partial charge < -0.3 is 19.3 Å². The van der Waals surface area contributed by atoms with Crippen molar-refractivity contribution in [1.29, 1.82) is 0 Å². The maximum Gasteiger partial charge on any atom is 0.417 e. The molecular formula is C24H19NO6. The van der Waals surface area contributed by atoms with E-state index in [0.717, 1.165) is 11.1 Å². The van der Waals surface area contributed by atoms with E-state index >= 15 is 0 Å². The van der Waals surface area contributed by atoms with Crippen LogP contribution in [-0.2, 0) is 16.1 Å². The molecule has 156 valence electrons. The predicted octanol–water partition coefficient (Wildman–Crippen LogP) is 4.19. The number of rotatable bonds is 3. The Hall–Kier alpha value is -4.00. The Morgan fingerprint density at radius 1 is 1.03 bits per heavy atom. The molecule has 2 atom stereocenters. The standard InChI is InChI=1S/C24H19NO6/c1-29-23(27)20-17(26)11-12-18-21(20)19-15-9-5-6-10-16(15)25(22(19)31-18)24(28)30-13-14-7-3-2-4-8-14/h2-12,19,22,26H,13H2,1H3/t19-,22+/m1/s1. The van der Waals surface area contributed by atoms with Crippen LogP contribution in [0.4, 0.5) is 10.5 Å². The number of phenolic OH excluding ortho intramolecular Hbond substituents is 1. The van der Waals surface area contributed by atoms with Crippen molar-refractivity contribution < 1.29 is 28.9 Å². The lowest BCUT2D eigenvalue weighted by Gasteiger charge is -2.23. The summed E-state index contributed by atoms with van der Waals surface area (Å²) < 4.78 is 16.5. The van der Waals surface area contributed by atoms with Gasteiger partial charge in [-0.05, 0) is 29.3 Å². The molecule has 0 fully saturated rings. The summed E-state index contributed by atoms with van der Waals surface area (Å²) in [6.07, 6.45) is -1.29. The Kier molecular flexibility index (Phi) is 4.51. The zero-order chi connectivity index (χ0) is 21.5. The third-order valence-electron chi connectivity index (χ3n) is 5.60. The van der Waals surface area contributed by atoms with Crippen LogP contribution in [0.2, 0.25) is 0 Å². The fourth-order valence-corrected chi connectivity index (χ4v) is 4.27. The van der Waals surface area contributed by atoms with Gasteiger partial charge in [-0.15, -0.1) is 0 Å². The number of anilines is 1. The maximum atomic E-state index is 13.1. The molecule has 2 aliphatic heterocycles. The molecule has 0 saturated carbocycles. The topological polar surface area (TPSA) is 85.3 Å². The largest absolute Gasteiger partial charge is 0.507 e. The van der Waals surface area contributed by atoms with Gasteiger partial charge in [-0.1, -0.05) is 48.5 Å². The summed E-state index contributed by atoms with van der Waals surface area (Å²) in [5.41, 5.74) is 2.86. The molecule has 1 N–H and O–H groups in total. The van der Waals surface area contributed by atoms with Crippen LogP contribution in [0.25, 0.3) is 0 Å². The van der Waals surface area contributed by atoms with Crippen molar-refractivity contribution in [3.63, 3.8) is 0 Å². The Morgan fingerprint density at radius 3 is 2.55 bits per heavy atom. The summed E-state index contributed by atoms with van der Waals surface area (Å²) in [6.45, 7) is 0.122. The van der Waals surface area contributed by atoms with Crippen molar-refractivity contribution in [3.8, 4) is 11.5 Å². The Balaban J connectivity index is 1.54. The van der Waals surface area contributed by atoms with Crippen molar-refractivity contribution in [2.24, 2.45) is 0 Å². The summed E-state index contributed by atoms with van der Waals surface area (Å²) >= 11 is 0. The second-order valence-corrected chi connectivity index (χ2v) is 7.32. The highest BCUT2D eigenvalue weighted by Gasteiger charge is 2.51. The van der Waals surface area contributed by atoms with Gasteiger partial charge in [0.15, 0.2) is 6.23 Å². The molecule has 2 aliphatic rings. The number of carbonyl (C=O) groups excluding carboxylic acids is 2. The lowest BCUT2D eigenvalue weighted by atomic mass is 9.89. The van der Waals surface area contributed by atoms with Crippen LogP contribution in [0.3, 0.4) is 0 Å². The molecule has 3 aromatic rings. The smallest absolute Gasteiger partial charge is 0.417 e. The molecule has 0 spiro atoms. The molecule has 0 unspecified atom stereocenters. The van der Waals surface area contributed by atoms with E-state index in [1.807, 2.05) is 48.5 Å². The number of aromatic hydroxyl groups is 1. The number of ether oxygens (including phenoxy) is 3. The van der Waals surface area contributed by atoms with Crippen LogP contribution in [0.5, 0.6) is 11.5 Å². The first-order valence-corrected chi connectivity index (χ1v) is 9.80. The number of methoxy groups -OCH3 is 1. The number of phenols is 1. The molecule has 7 heteroatoms. The van der Waals surface area contributed by atoms with Gasteiger partial charge >= 0.3 is 12.1 Å². The third-order valence-corrected chi connectivity index (χ3v) is 5.60. The van der Waals surface area contributed by atoms with E-state index in [2.05, 4.69) is 0 Å². The van der Waals surface area contributed by atoms with Gasteiger partial charge in [-0.3, -0.25) is 0 Å². The number of amides is 1. The van der Waals surface area contributed by atoms with Crippen LogP contribution < -0.4 is 9.64 Å². The van der Waals surface area contributed by atoms with Crippen LogP contribution in [0.1, 0.15) is 33.0 Å². The molecule has 0 aromatic heterocycles. The number of esters is 1. The van der Waals surface area contributed by atoms with Crippen molar-refractivity contribution in [2.75, 3.05) is 12.0 Å². The van der Waals surface area contributed by atoms with Gasteiger partial charge in [-0.2, -0.15) is 0 Å². The molecule has 3 aromatic carbocycles. The number of para-hydroxylation sites is 1. The summed E-state index contributed by atoms with van der Waals surface area (Å²) in [5.74, 6) is -0.904. The number of fused-ring (bicyclic) bond motifs is 5. The maximum absolute atomic E-state index is 13.1. The summed E-state index contributed by atoms with van der Waals surface area (Å²) in [5, 5.41) is 10.4. The minimum Gasteiger partial charge on any atom is -0.507 e. The number of hydrogen-bond acceptors (Lipinski definition) is 6. The van der Waals surface area contributed by atoms with Crippen LogP contribution in [0, 0.1) is 0 Å². The molecule has 31 heavy (non-hydrogen) atoms. The van der Waals surface area contributed by atoms with Gasteiger partial charge in [0, 0.05) is 5.56 Å². The highest BCUT2D eigenvalue weighted by atomic mass is 16.6. The first-order valence-electron chi connectivity index (χ1n) is 9.80. The Labute approximate surface area is 178 Å². The van der Waals surface area contributed by atoms with Crippen LogP contribution in [-0.4, -0.2) is 30.5 Å². The molecule has 5 rings (SSSR count). The monoisotopic (exact) mass is 417 g/mol. The molecular weight excluding hydrogens is 398 g/mol. The molecule has 1 amide bonds. The van der Waals surface area contributed by atoms with Crippen LogP contribution >= 0.6 is 0 Å². The average Bonchev–Trinajstić information content (AvgIpc) is 3.32. The lowest BCUT2D eigenvalue weighted by molar-refractivity contribution is 0.0596. The van der Waals surface area contributed by atoms with Crippen LogP contribution in [0.15, 0.2) is 66.7 Å². The minimum atomic E-state index is -0.735. The zero-order valence-corrected chi connectivity index (χ0v) is 16.6. The van der Waals surface area contributed by atoms with Gasteiger partial charge in [0.25, 0.3) is 0 Å². The average molecular weight is 417 g/mol. The molecule has 0 saturated heterocycles. The lowest BCUT2D eigenvalue weighted by Crippen LogP contribution is -2.41. The summed E-state index contributed by atoms with van der Waals surface area (Å²) in [6, 6.07) is 19.7. The number of nitrogens with zero attached hydrogens (tertiary/aromatic N) is 1. The van der Waals surface area contributed by atoms with Crippen molar-refractivity contribution in [1.82, 2.24) is 0 Å². The number of benzene rings is 3. The summed E-state index contributed by atoms with van der Waals surface area (Å²) in [7, 11) is 1.25. The molecule has 7 nitrogen and oxygen atoms in total. The van der Waals surface area contributed by atoms with Gasteiger partial charge in [0.2, 0.25) is 0 Å². The Morgan fingerprint density at radius 2 is 1.77 bits per heavy atom. The molecule has 0 aliphatic carbocycles. The van der Waals surface area contributed by atoms with Crippen molar-refractivity contribution in [3.05, 3.63) is 89.0 Å².